The number of hydrogen-bond acceptors (Lipinski definition) is 4. The molecule has 8 heteroatoms. The maximum Gasteiger partial charge on any atom is 0.446 e. The number of nitriles is 1. The Morgan fingerprint density at radius 1 is 1.50 bits per heavy atom. The second kappa shape index (κ2) is 5.50. The lowest BCUT2D eigenvalue weighted by molar-refractivity contribution is -0.0328. The molecular formula is C10H5ClF3NO2S. The van der Waals surface area contributed by atoms with E-state index in [1.165, 1.54) is 0 Å². The minimum atomic E-state index is -4.57. The van der Waals surface area contributed by atoms with Gasteiger partial charge in [0.05, 0.1) is 23.3 Å². The van der Waals surface area contributed by atoms with Gasteiger partial charge >= 0.3 is 11.5 Å². The Morgan fingerprint density at radius 3 is 2.56 bits per heavy atom. The molecule has 0 bridgehead atoms. The van der Waals surface area contributed by atoms with Gasteiger partial charge in [-0.2, -0.15) is 18.4 Å². The smallest absolute Gasteiger partial charge is 0.446 e. The van der Waals surface area contributed by atoms with Gasteiger partial charge in [-0.05, 0) is 23.9 Å². The molecule has 0 aliphatic heterocycles. The normalized spacial score (nSPS) is 10.9. The number of methoxy groups -OCH3 is 1. The number of hydrogen-bond donors (Lipinski definition) is 0. The molecule has 0 aromatic heterocycles. The molecule has 0 amide bonds. The van der Waals surface area contributed by atoms with Gasteiger partial charge in [0, 0.05) is 4.90 Å². The van der Waals surface area contributed by atoms with E-state index in [0.717, 1.165) is 19.2 Å². The van der Waals surface area contributed by atoms with E-state index < -0.39 is 33.7 Å². The van der Waals surface area contributed by atoms with Crippen LogP contribution < -0.4 is 0 Å². The van der Waals surface area contributed by atoms with Gasteiger partial charge < -0.3 is 4.74 Å². The highest BCUT2D eigenvalue weighted by Gasteiger charge is 2.33. The van der Waals surface area contributed by atoms with Crippen molar-refractivity contribution in [2.45, 2.75) is 10.4 Å². The van der Waals surface area contributed by atoms with Gasteiger partial charge in [-0.1, -0.05) is 11.6 Å². The molecule has 0 heterocycles. The number of esters is 1. The van der Waals surface area contributed by atoms with E-state index >= 15 is 0 Å². The van der Waals surface area contributed by atoms with Gasteiger partial charge in [-0.3, -0.25) is 0 Å². The van der Waals surface area contributed by atoms with Crippen LogP contribution in [0.3, 0.4) is 0 Å². The Kier molecular flexibility index (Phi) is 4.48. The Bertz CT molecular complexity index is 525. The van der Waals surface area contributed by atoms with Crippen LogP contribution in [0.1, 0.15) is 15.9 Å². The summed E-state index contributed by atoms with van der Waals surface area (Å²) < 4.78 is 41.3. The van der Waals surface area contributed by atoms with E-state index in [0.29, 0.717) is 0 Å². The molecule has 1 aromatic carbocycles. The fourth-order valence-electron chi connectivity index (χ4n) is 1.15. The predicted octanol–water partition coefficient (Wildman–Crippen LogP) is 3.61. The quantitative estimate of drug-likeness (QED) is 0.618. The number of benzene rings is 1. The molecule has 0 N–H and O–H groups in total. The number of rotatable bonds is 2. The highest BCUT2D eigenvalue weighted by molar-refractivity contribution is 8.00. The lowest BCUT2D eigenvalue weighted by Gasteiger charge is -2.11. The lowest BCUT2D eigenvalue weighted by atomic mass is 10.1. The largest absolute Gasteiger partial charge is 0.465 e. The van der Waals surface area contributed by atoms with Crippen molar-refractivity contribution in [1.82, 2.24) is 0 Å². The Balaban J connectivity index is 3.40. The molecule has 96 valence electrons. The minimum absolute atomic E-state index is 0.0939. The average molecular weight is 296 g/mol. The van der Waals surface area contributed by atoms with Gasteiger partial charge in [0.1, 0.15) is 6.07 Å². The number of nitrogens with zero attached hydrogens (tertiary/aromatic N) is 1. The Morgan fingerprint density at radius 2 is 2.11 bits per heavy atom. The first-order valence-corrected chi connectivity index (χ1v) is 5.56. The Labute approximate surface area is 109 Å². The lowest BCUT2D eigenvalue weighted by Crippen LogP contribution is -2.08. The monoisotopic (exact) mass is 295 g/mol. The maximum atomic E-state index is 12.3. The standard InChI is InChI=1S/C10H5ClF3NO2S/c1-17-9(16)7-6(18-10(12,13)14)3-2-5(4-15)8(7)11/h2-3H,1H3. The molecule has 0 fully saturated rings. The molecule has 18 heavy (non-hydrogen) atoms. The summed E-state index contributed by atoms with van der Waals surface area (Å²) in [6.07, 6.45) is 0. The van der Waals surface area contributed by atoms with Gasteiger partial charge in [0.15, 0.2) is 0 Å². The zero-order chi connectivity index (χ0) is 13.9. The molecule has 0 atom stereocenters. The van der Waals surface area contributed by atoms with Crippen molar-refractivity contribution < 1.29 is 22.7 Å². The molecule has 0 spiro atoms. The van der Waals surface area contributed by atoms with Crippen LogP contribution in [0.15, 0.2) is 17.0 Å². The average Bonchev–Trinajstić information content (AvgIpc) is 2.26. The molecule has 0 saturated heterocycles. The van der Waals surface area contributed by atoms with Crippen LogP contribution in [-0.4, -0.2) is 18.6 Å². The number of ether oxygens (including phenoxy) is 1. The third kappa shape index (κ3) is 3.31. The summed E-state index contributed by atoms with van der Waals surface area (Å²) in [4.78, 5) is 11.0. The first kappa shape index (κ1) is 14.7. The molecule has 0 unspecified atom stereocenters. The fourth-order valence-corrected chi connectivity index (χ4v) is 2.16. The maximum absolute atomic E-state index is 12.3. The number of alkyl halides is 3. The summed E-state index contributed by atoms with van der Waals surface area (Å²) in [7, 11) is 1.01. The van der Waals surface area contributed by atoms with Gasteiger partial charge in [-0.15, -0.1) is 0 Å². The number of carbonyl (C=O) groups excluding carboxylic acids is 1. The van der Waals surface area contributed by atoms with Crippen LogP contribution in [0.5, 0.6) is 0 Å². The zero-order valence-electron chi connectivity index (χ0n) is 8.84. The van der Waals surface area contributed by atoms with Crippen molar-refractivity contribution in [2.24, 2.45) is 0 Å². The summed E-state index contributed by atoms with van der Waals surface area (Å²) in [5, 5.41) is 8.36. The number of thioether (sulfide) groups is 1. The van der Waals surface area contributed by atoms with Crippen LogP contribution in [-0.2, 0) is 4.74 Å². The minimum Gasteiger partial charge on any atom is -0.465 e. The molecule has 1 rings (SSSR count). The molecule has 0 aliphatic rings. The van der Waals surface area contributed by atoms with Crippen LogP contribution >= 0.6 is 23.4 Å². The van der Waals surface area contributed by atoms with Crippen LogP contribution in [0, 0.1) is 11.3 Å². The van der Waals surface area contributed by atoms with Crippen molar-refractivity contribution in [1.29, 1.82) is 5.26 Å². The van der Waals surface area contributed by atoms with Crippen molar-refractivity contribution in [3.63, 3.8) is 0 Å². The molecule has 0 aliphatic carbocycles. The van der Waals surface area contributed by atoms with E-state index in [1.54, 1.807) is 6.07 Å². The van der Waals surface area contributed by atoms with Gasteiger partial charge in [0.25, 0.3) is 0 Å². The zero-order valence-corrected chi connectivity index (χ0v) is 10.4. The highest BCUT2D eigenvalue weighted by Crippen LogP contribution is 2.41. The second-order valence-corrected chi connectivity index (χ2v) is 4.44. The predicted molar refractivity (Wildman–Crippen MR) is 59.4 cm³/mol. The van der Waals surface area contributed by atoms with Crippen molar-refractivity contribution in [2.75, 3.05) is 7.11 Å². The molecule has 0 radical (unpaired) electrons. The van der Waals surface area contributed by atoms with E-state index in [-0.39, 0.29) is 10.6 Å². The Hall–Kier alpha value is -1.39. The van der Waals surface area contributed by atoms with E-state index in [9.17, 15) is 18.0 Å². The van der Waals surface area contributed by atoms with Crippen LogP contribution in [0.25, 0.3) is 0 Å². The van der Waals surface area contributed by atoms with Crippen molar-refractivity contribution >= 4 is 29.3 Å². The van der Waals surface area contributed by atoms with Gasteiger partial charge in [0.2, 0.25) is 0 Å². The first-order valence-electron chi connectivity index (χ1n) is 4.36. The van der Waals surface area contributed by atoms with Crippen LogP contribution in [0.4, 0.5) is 13.2 Å². The van der Waals surface area contributed by atoms with E-state index in [4.69, 9.17) is 16.9 Å². The molecule has 1 aromatic rings. The first-order chi connectivity index (χ1) is 8.30. The molecule has 3 nitrogen and oxygen atoms in total. The third-order valence-electron chi connectivity index (χ3n) is 1.84. The summed E-state index contributed by atoms with van der Waals surface area (Å²) in [6.45, 7) is 0. The third-order valence-corrected chi connectivity index (χ3v) is 3.02. The summed E-state index contributed by atoms with van der Waals surface area (Å²) >= 11 is 5.22. The van der Waals surface area contributed by atoms with E-state index in [1.807, 2.05) is 0 Å². The molecule has 0 saturated carbocycles. The summed E-state index contributed by atoms with van der Waals surface area (Å²) in [6, 6.07) is 3.80. The summed E-state index contributed by atoms with van der Waals surface area (Å²) in [5.41, 5.74) is -5.12. The number of carbonyl (C=O) groups is 1. The van der Waals surface area contributed by atoms with Gasteiger partial charge in [-0.25, -0.2) is 4.79 Å². The number of halogens is 4. The van der Waals surface area contributed by atoms with Crippen molar-refractivity contribution in [3.05, 3.63) is 28.3 Å². The van der Waals surface area contributed by atoms with Crippen LogP contribution in [0.2, 0.25) is 5.02 Å². The highest BCUT2D eigenvalue weighted by atomic mass is 35.5. The second-order valence-electron chi connectivity index (χ2n) is 2.95. The topological polar surface area (TPSA) is 50.1 Å². The van der Waals surface area contributed by atoms with E-state index in [2.05, 4.69) is 4.74 Å². The molecular weight excluding hydrogens is 291 g/mol. The SMILES string of the molecule is COC(=O)c1c(SC(F)(F)F)ccc(C#N)c1Cl. The van der Waals surface area contributed by atoms with Crippen molar-refractivity contribution in [3.8, 4) is 6.07 Å². The fraction of sp³-hybridized carbons (Fsp3) is 0.200. The summed E-state index contributed by atoms with van der Waals surface area (Å²) in [5.74, 6) is -1.02.